The average Bonchev–Trinajstić information content (AvgIpc) is 2.06. The van der Waals surface area contributed by atoms with E-state index in [1.807, 2.05) is 6.92 Å². The second kappa shape index (κ2) is 3.65. The molecule has 0 aliphatic heterocycles. The summed E-state index contributed by atoms with van der Waals surface area (Å²) in [5.74, 6) is -0.822. The number of hydrogen-bond acceptors (Lipinski definition) is 0. The van der Waals surface area contributed by atoms with Gasteiger partial charge in [0.05, 0.1) is 0 Å². The van der Waals surface area contributed by atoms with E-state index in [9.17, 15) is 8.78 Å². The normalized spacial score (nSPS) is 10.3. The van der Waals surface area contributed by atoms with Crippen molar-refractivity contribution in [3.63, 3.8) is 0 Å². The van der Waals surface area contributed by atoms with E-state index in [1.165, 1.54) is 12.1 Å². The van der Waals surface area contributed by atoms with Crippen LogP contribution in [0.25, 0.3) is 0 Å². The quantitative estimate of drug-likeness (QED) is 0.639. The van der Waals surface area contributed by atoms with Gasteiger partial charge in [0.15, 0.2) is 0 Å². The van der Waals surface area contributed by atoms with Crippen LogP contribution in [0.15, 0.2) is 12.1 Å². The highest BCUT2D eigenvalue weighted by Crippen LogP contribution is 2.17. The Morgan fingerprint density at radius 1 is 1.25 bits per heavy atom. The predicted octanol–water partition coefficient (Wildman–Crippen LogP) is 3.23. The van der Waals surface area contributed by atoms with Gasteiger partial charge < -0.3 is 0 Å². The van der Waals surface area contributed by atoms with Crippen molar-refractivity contribution in [2.24, 2.45) is 0 Å². The van der Waals surface area contributed by atoms with Gasteiger partial charge in [0.25, 0.3) is 0 Å². The van der Waals surface area contributed by atoms with E-state index in [0.717, 1.165) is 6.42 Å². The second-order valence-corrected chi connectivity index (χ2v) is 2.91. The fourth-order valence-electron chi connectivity index (χ4n) is 1.19. The second-order valence-electron chi connectivity index (χ2n) is 2.91. The van der Waals surface area contributed by atoms with Crippen molar-refractivity contribution < 1.29 is 8.78 Å². The molecule has 0 fully saturated rings. The third-order valence-corrected chi connectivity index (χ3v) is 1.88. The molecule has 0 saturated carbocycles. The summed E-state index contributed by atoms with van der Waals surface area (Å²) < 4.78 is 26.2. The first-order valence-corrected chi connectivity index (χ1v) is 4.10. The van der Waals surface area contributed by atoms with Crippen LogP contribution in [0.4, 0.5) is 8.78 Å². The Kier molecular flexibility index (Phi) is 2.79. The molecule has 0 aliphatic carbocycles. The minimum absolute atomic E-state index is 0.220. The van der Waals surface area contributed by atoms with Crippen molar-refractivity contribution >= 4 is 0 Å². The molecule has 0 bridgehead atoms. The number of rotatable bonds is 2. The molecule has 0 radical (unpaired) electrons. The lowest BCUT2D eigenvalue weighted by molar-refractivity contribution is 0.547. The molecule has 0 spiro atoms. The summed E-state index contributed by atoms with van der Waals surface area (Å²) in [6, 6.07) is 2.78. The molecule has 0 N–H and O–H groups in total. The molecule has 0 heterocycles. The van der Waals surface area contributed by atoms with Gasteiger partial charge in [0.2, 0.25) is 0 Å². The van der Waals surface area contributed by atoms with E-state index in [0.29, 0.717) is 12.0 Å². The summed E-state index contributed by atoms with van der Waals surface area (Å²) in [4.78, 5) is 0. The third kappa shape index (κ3) is 1.63. The van der Waals surface area contributed by atoms with Gasteiger partial charge in [-0.3, -0.25) is 0 Å². The molecular weight excluding hydrogens is 158 g/mol. The first kappa shape index (κ1) is 9.17. The molecule has 2 heteroatoms. The van der Waals surface area contributed by atoms with Crippen molar-refractivity contribution in [1.29, 1.82) is 0 Å². The van der Waals surface area contributed by atoms with Crippen LogP contribution in [0, 0.1) is 18.6 Å². The van der Waals surface area contributed by atoms with Crippen molar-refractivity contribution in [1.82, 2.24) is 0 Å². The maximum Gasteiger partial charge on any atom is 0.132 e. The Morgan fingerprint density at radius 2 is 1.92 bits per heavy atom. The zero-order valence-electron chi connectivity index (χ0n) is 7.32. The van der Waals surface area contributed by atoms with Gasteiger partial charge in [0.1, 0.15) is 11.6 Å². The summed E-state index contributed by atoms with van der Waals surface area (Å²) >= 11 is 0. The van der Waals surface area contributed by atoms with Gasteiger partial charge in [-0.1, -0.05) is 19.4 Å². The van der Waals surface area contributed by atoms with Gasteiger partial charge >= 0.3 is 0 Å². The van der Waals surface area contributed by atoms with Crippen LogP contribution in [0.2, 0.25) is 0 Å². The highest BCUT2D eigenvalue weighted by atomic mass is 19.1. The van der Waals surface area contributed by atoms with E-state index in [1.54, 1.807) is 6.92 Å². The number of halogens is 2. The Labute approximate surface area is 71.2 Å². The zero-order chi connectivity index (χ0) is 9.14. The lowest BCUT2D eigenvalue weighted by Crippen LogP contribution is -1.97. The average molecular weight is 170 g/mol. The van der Waals surface area contributed by atoms with Crippen LogP contribution in [0.5, 0.6) is 0 Å². The molecule has 1 aromatic rings. The van der Waals surface area contributed by atoms with Crippen molar-refractivity contribution in [2.75, 3.05) is 0 Å². The summed E-state index contributed by atoms with van der Waals surface area (Å²) in [5.41, 5.74) is 0.734. The summed E-state index contributed by atoms with van der Waals surface area (Å²) in [6.07, 6.45) is 1.23. The topological polar surface area (TPSA) is 0 Å². The smallest absolute Gasteiger partial charge is 0.132 e. The fraction of sp³-hybridized carbons (Fsp3) is 0.400. The molecule has 1 rings (SSSR count). The third-order valence-electron chi connectivity index (χ3n) is 1.88. The van der Waals surface area contributed by atoms with E-state index in [-0.39, 0.29) is 5.56 Å². The number of benzene rings is 1. The molecular formula is C10H12F2. The van der Waals surface area contributed by atoms with Crippen LogP contribution in [0.1, 0.15) is 24.5 Å². The lowest BCUT2D eigenvalue weighted by Gasteiger charge is -2.04. The highest BCUT2D eigenvalue weighted by Gasteiger charge is 2.09. The van der Waals surface area contributed by atoms with Crippen LogP contribution >= 0.6 is 0 Å². The summed E-state index contributed by atoms with van der Waals surface area (Å²) in [7, 11) is 0. The monoisotopic (exact) mass is 170 g/mol. The predicted molar refractivity (Wildman–Crippen MR) is 45.1 cm³/mol. The SMILES string of the molecule is CCCc1c(F)ccc(C)c1F. The standard InChI is InChI=1S/C10H12F2/c1-3-4-8-9(11)6-5-7(2)10(8)12/h5-6H,3-4H2,1-2H3. The van der Waals surface area contributed by atoms with Crippen LogP contribution in [-0.2, 0) is 6.42 Å². The zero-order valence-corrected chi connectivity index (χ0v) is 7.32. The maximum absolute atomic E-state index is 13.2. The van der Waals surface area contributed by atoms with Gasteiger partial charge in [-0.2, -0.15) is 0 Å². The Bertz CT molecular complexity index is 279. The van der Waals surface area contributed by atoms with Crippen molar-refractivity contribution in [3.05, 3.63) is 34.9 Å². The van der Waals surface area contributed by atoms with E-state index >= 15 is 0 Å². The Morgan fingerprint density at radius 3 is 2.50 bits per heavy atom. The van der Waals surface area contributed by atoms with E-state index < -0.39 is 11.6 Å². The molecule has 0 saturated heterocycles. The van der Waals surface area contributed by atoms with Crippen molar-refractivity contribution in [2.45, 2.75) is 26.7 Å². The lowest BCUT2D eigenvalue weighted by atomic mass is 10.1. The molecule has 66 valence electrons. The van der Waals surface area contributed by atoms with Crippen molar-refractivity contribution in [3.8, 4) is 0 Å². The highest BCUT2D eigenvalue weighted by molar-refractivity contribution is 5.26. The van der Waals surface area contributed by atoms with Crippen LogP contribution < -0.4 is 0 Å². The van der Waals surface area contributed by atoms with Gasteiger partial charge in [0, 0.05) is 5.56 Å². The minimum Gasteiger partial charge on any atom is -0.207 e. The van der Waals surface area contributed by atoms with Gasteiger partial charge in [-0.25, -0.2) is 8.78 Å². The molecule has 12 heavy (non-hydrogen) atoms. The molecule has 1 aromatic carbocycles. The molecule has 0 atom stereocenters. The van der Waals surface area contributed by atoms with Crippen LogP contribution in [-0.4, -0.2) is 0 Å². The largest absolute Gasteiger partial charge is 0.207 e. The van der Waals surface area contributed by atoms with Crippen LogP contribution in [0.3, 0.4) is 0 Å². The van der Waals surface area contributed by atoms with Gasteiger partial charge in [-0.05, 0) is 25.0 Å². The molecule has 0 aromatic heterocycles. The van der Waals surface area contributed by atoms with E-state index in [4.69, 9.17) is 0 Å². The maximum atomic E-state index is 13.2. The summed E-state index contributed by atoms with van der Waals surface area (Å²) in [6.45, 7) is 3.55. The number of hydrogen-bond donors (Lipinski definition) is 0. The minimum atomic E-state index is -0.431. The first-order chi connectivity index (χ1) is 5.66. The molecule has 0 nitrogen and oxygen atoms in total. The summed E-state index contributed by atoms with van der Waals surface area (Å²) in [5, 5.41) is 0. The Hall–Kier alpha value is -0.920. The van der Waals surface area contributed by atoms with E-state index in [2.05, 4.69) is 0 Å². The molecule has 0 amide bonds. The first-order valence-electron chi connectivity index (χ1n) is 4.10. The number of aryl methyl sites for hydroxylation is 1. The molecule has 0 unspecified atom stereocenters. The molecule has 0 aliphatic rings. The van der Waals surface area contributed by atoms with Gasteiger partial charge in [-0.15, -0.1) is 0 Å². The Balaban J connectivity index is 3.14. The fourth-order valence-corrected chi connectivity index (χ4v) is 1.19.